The molecule has 1 amide bonds. The van der Waals surface area contributed by atoms with Crippen LogP contribution in [0.25, 0.3) is 0 Å². The van der Waals surface area contributed by atoms with E-state index >= 15 is 0 Å². The van der Waals surface area contributed by atoms with Gasteiger partial charge in [0.25, 0.3) is 17.2 Å². The number of rotatable bonds is 9. The molecule has 0 saturated carbocycles. The standard InChI is InChI=1S/C23H25N5O6/c1-15(2)12-26(19(29)14-34-18-10-8-17(9-11-18)28(32)33)20-21(24)27(23(31)25-22(20)30)13-16-6-4-3-5-7-16/h3-11,15H,12-14,24H2,1-2H3,(H,25,30,31). The lowest BCUT2D eigenvalue weighted by Crippen LogP contribution is -2.44. The Balaban J connectivity index is 1.91. The van der Waals surface area contributed by atoms with Crippen LogP contribution in [0.1, 0.15) is 19.4 Å². The summed E-state index contributed by atoms with van der Waals surface area (Å²) in [7, 11) is 0. The van der Waals surface area contributed by atoms with E-state index < -0.39 is 28.7 Å². The number of nitro groups is 1. The molecule has 3 N–H and O–H groups in total. The number of ether oxygens (including phenoxy) is 1. The fraction of sp³-hybridized carbons (Fsp3) is 0.261. The highest BCUT2D eigenvalue weighted by Gasteiger charge is 2.25. The number of nitrogens with two attached hydrogens (primary N) is 1. The van der Waals surface area contributed by atoms with E-state index in [1.54, 1.807) is 0 Å². The summed E-state index contributed by atoms with van der Waals surface area (Å²) in [5.74, 6) is -0.480. The van der Waals surface area contributed by atoms with Gasteiger partial charge in [-0.05, 0) is 23.6 Å². The quantitative estimate of drug-likeness (QED) is 0.361. The van der Waals surface area contributed by atoms with Gasteiger partial charge in [0.2, 0.25) is 0 Å². The van der Waals surface area contributed by atoms with Crippen LogP contribution in [0.4, 0.5) is 17.2 Å². The fourth-order valence-electron chi connectivity index (χ4n) is 3.33. The molecule has 11 heteroatoms. The maximum atomic E-state index is 13.1. The largest absolute Gasteiger partial charge is 0.484 e. The molecule has 0 atom stereocenters. The predicted molar refractivity (Wildman–Crippen MR) is 127 cm³/mol. The van der Waals surface area contributed by atoms with Gasteiger partial charge in [-0.2, -0.15) is 0 Å². The molecule has 0 aliphatic carbocycles. The minimum absolute atomic E-state index is 0.0309. The summed E-state index contributed by atoms with van der Waals surface area (Å²) >= 11 is 0. The van der Waals surface area contributed by atoms with Crippen LogP contribution >= 0.6 is 0 Å². The first-order valence-electron chi connectivity index (χ1n) is 10.5. The van der Waals surface area contributed by atoms with Crippen molar-refractivity contribution >= 4 is 23.1 Å². The van der Waals surface area contributed by atoms with Gasteiger partial charge in [-0.1, -0.05) is 44.2 Å². The Bertz CT molecular complexity index is 1280. The van der Waals surface area contributed by atoms with Gasteiger partial charge in [0.05, 0.1) is 11.5 Å². The van der Waals surface area contributed by atoms with Crippen molar-refractivity contribution in [1.82, 2.24) is 9.55 Å². The van der Waals surface area contributed by atoms with Crippen LogP contribution in [0, 0.1) is 16.0 Å². The number of nitro benzene ring substituents is 1. The van der Waals surface area contributed by atoms with Gasteiger partial charge in [-0.25, -0.2) is 4.79 Å². The lowest BCUT2D eigenvalue weighted by atomic mass is 10.2. The Morgan fingerprint density at radius 1 is 1.15 bits per heavy atom. The zero-order chi connectivity index (χ0) is 24.8. The van der Waals surface area contributed by atoms with Crippen molar-refractivity contribution in [1.29, 1.82) is 0 Å². The van der Waals surface area contributed by atoms with Gasteiger partial charge in [0, 0.05) is 18.7 Å². The molecule has 1 heterocycles. The first kappa shape index (κ1) is 24.2. The molecule has 0 bridgehead atoms. The number of carbonyl (C=O) groups is 1. The number of non-ortho nitro benzene ring substituents is 1. The van der Waals surface area contributed by atoms with Crippen molar-refractivity contribution in [2.24, 2.45) is 5.92 Å². The number of nitrogens with one attached hydrogen (secondary N) is 1. The highest BCUT2D eigenvalue weighted by Crippen LogP contribution is 2.21. The normalized spacial score (nSPS) is 10.8. The lowest BCUT2D eigenvalue weighted by molar-refractivity contribution is -0.384. The third kappa shape index (κ3) is 5.68. The molecule has 178 valence electrons. The van der Waals surface area contributed by atoms with Crippen LogP contribution in [-0.4, -0.2) is 33.5 Å². The molecular weight excluding hydrogens is 442 g/mol. The van der Waals surface area contributed by atoms with E-state index in [1.807, 2.05) is 44.2 Å². The SMILES string of the molecule is CC(C)CN(C(=O)COc1ccc([N+](=O)[O-])cc1)c1c(N)n(Cc2ccccc2)c(=O)[nH]c1=O. The van der Waals surface area contributed by atoms with Crippen LogP contribution in [0.5, 0.6) is 5.75 Å². The number of aromatic nitrogens is 2. The van der Waals surface area contributed by atoms with Crippen molar-refractivity contribution in [3.05, 3.63) is 91.1 Å². The van der Waals surface area contributed by atoms with Crippen LogP contribution in [0.15, 0.2) is 64.2 Å². The summed E-state index contributed by atoms with van der Waals surface area (Å²) in [5, 5.41) is 10.8. The van der Waals surface area contributed by atoms with Crippen LogP contribution < -0.4 is 26.6 Å². The number of nitrogens with zero attached hydrogens (tertiary/aromatic N) is 3. The maximum Gasteiger partial charge on any atom is 0.330 e. The van der Waals surface area contributed by atoms with E-state index in [9.17, 15) is 24.5 Å². The summed E-state index contributed by atoms with van der Waals surface area (Å²) in [5.41, 5.74) is 5.32. The predicted octanol–water partition coefficient (Wildman–Crippen LogP) is 2.14. The second kappa shape index (κ2) is 10.5. The maximum absolute atomic E-state index is 13.1. The molecule has 34 heavy (non-hydrogen) atoms. The molecule has 2 aromatic carbocycles. The highest BCUT2D eigenvalue weighted by atomic mass is 16.6. The molecule has 0 spiro atoms. The van der Waals surface area contributed by atoms with E-state index in [0.717, 1.165) is 5.56 Å². The third-order valence-electron chi connectivity index (χ3n) is 4.93. The van der Waals surface area contributed by atoms with Gasteiger partial charge in [-0.15, -0.1) is 0 Å². The molecule has 11 nitrogen and oxygen atoms in total. The molecule has 0 aliphatic heterocycles. The van der Waals surface area contributed by atoms with Gasteiger partial charge in [0.15, 0.2) is 12.3 Å². The van der Waals surface area contributed by atoms with Crippen LogP contribution in [0.2, 0.25) is 0 Å². The molecule has 0 aliphatic rings. The third-order valence-corrected chi connectivity index (χ3v) is 4.93. The van der Waals surface area contributed by atoms with Gasteiger partial charge < -0.3 is 15.4 Å². The van der Waals surface area contributed by atoms with Crippen LogP contribution in [0.3, 0.4) is 0 Å². The Hall–Kier alpha value is -4.41. The second-order valence-electron chi connectivity index (χ2n) is 8.00. The summed E-state index contributed by atoms with van der Waals surface area (Å²) in [6.07, 6.45) is 0. The van der Waals surface area contributed by atoms with Gasteiger partial charge in [-0.3, -0.25) is 29.3 Å². The summed E-state index contributed by atoms with van der Waals surface area (Å²) in [4.78, 5) is 52.0. The molecule has 0 radical (unpaired) electrons. The number of amides is 1. The lowest BCUT2D eigenvalue weighted by Gasteiger charge is -2.26. The molecule has 0 saturated heterocycles. The molecule has 3 aromatic rings. The average molecular weight is 467 g/mol. The number of hydrogen-bond acceptors (Lipinski definition) is 7. The minimum Gasteiger partial charge on any atom is -0.484 e. The average Bonchev–Trinajstić information content (AvgIpc) is 2.80. The molecule has 0 fully saturated rings. The van der Waals surface area contributed by atoms with Crippen molar-refractivity contribution in [2.45, 2.75) is 20.4 Å². The number of H-pyrrole nitrogens is 1. The summed E-state index contributed by atoms with van der Waals surface area (Å²) in [6.45, 7) is 3.54. The number of hydrogen-bond donors (Lipinski definition) is 2. The van der Waals surface area contributed by atoms with E-state index in [2.05, 4.69) is 4.98 Å². The monoisotopic (exact) mass is 467 g/mol. The highest BCUT2D eigenvalue weighted by molar-refractivity contribution is 5.96. The number of nitrogen functional groups attached to an aromatic ring is 1. The number of benzene rings is 2. The van der Waals surface area contributed by atoms with Crippen LogP contribution in [-0.2, 0) is 11.3 Å². The first-order chi connectivity index (χ1) is 16.2. The fourth-order valence-corrected chi connectivity index (χ4v) is 3.33. The topological polar surface area (TPSA) is 154 Å². The number of carbonyl (C=O) groups excluding carboxylic acids is 1. The molecule has 0 unspecified atom stereocenters. The van der Waals surface area contributed by atoms with E-state index in [4.69, 9.17) is 10.5 Å². The van der Waals surface area contributed by atoms with Crippen molar-refractivity contribution in [3.8, 4) is 5.75 Å². The molecular formula is C23H25N5O6. The Kier molecular flexibility index (Phi) is 7.46. The summed E-state index contributed by atoms with van der Waals surface area (Å²) < 4.78 is 6.68. The first-order valence-corrected chi connectivity index (χ1v) is 10.5. The Labute approximate surface area is 194 Å². The molecule has 3 rings (SSSR count). The van der Waals surface area contributed by atoms with Gasteiger partial charge >= 0.3 is 5.69 Å². The van der Waals surface area contributed by atoms with Crippen molar-refractivity contribution in [2.75, 3.05) is 23.8 Å². The number of anilines is 2. The van der Waals surface area contributed by atoms with E-state index in [1.165, 1.54) is 33.7 Å². The van der Waals surface area contributed by atoms with Crippen molar-refractivity contribution in [3.63, 3.8) is 0 Å². The summed E-state index contributed by atoms with van der Waals surface area (Å²) in [6, 6.07) is 14.3. The zero-order valence-corrected chi connectivity index (χ0v) is 18.8. The van der Waals surface area contributed by atoms with E-state index in [0.29, 0.717) is 0 Å². The van der Waals surface area contributed by atoms with E-state index in [-0.39, 0.29) is 41.9 Å². The Morgan fingerprint density at radius 3 is 2.38 bits per heavy atom. The molecule has 1 aromatic heterocycles. The van der Waals surface area contributed by atoms with Gasteiger partial charge in [0.1, 0.15) is 11.6 Å². The smallest absolute Gasteiger partial charge is 0.330 e. The number of aromatic amines is 1. The van der Waals surface area contributed by atoms with Crippen molar-refractivity contribution < 1.29 is 14.5 Å². The minimum atomic E-state index is -0.781. The second-order valence-corrected chi connectivity index (χ2v) is 8.00. The zero-order valence-electron chi connectivity index (χ0n) is 18.8. The Morgan fingerprint density at radius 2 is 1.79 bits per heavy atom.